The van der Waals surface area contributed by atoms with Crippen LogP contribution >= 0.6 is 11.3 Å². The van der Waals surface area contributed by atoms with Gasteiger partial charge in [-0.25, -0.2) is 0 Å². The number of aryl methyl sites for hydroxylation is 2. The van der Waals surface area contributed by atoms with Gasteiger partial charge < -0.3 is 12.9 Å². The molecule has 1 rings (SSSR count). The smallest absolute Gasteiger partial charge is 0.445 e. The minimum atomic E-state index is -4.80. The number of hydrogen-bond acceptors (Lipinski definition) is 1. The van der Waals surface area contributed by atoms with Gasteiger partial charge in [-0.3, -0.25) is 0 Å². The molecular weight excluding hydrogens is 211 g/mol. The van der Waals surface area contributed by atoms with Crippen LogP contribution in [0.2, 0.25) is 0 Å². The largest absolute Gasteiger partial charge is 1.00 e. The van der Waals surface area contributed by atoms with E-state index in [-0.39, 0.29) is 51.4 Å². The van der Waals surface area contributed by atoms with Crippen molar-refractivity contribution in [1.29, 1.82) is 0 Å². The van der Waals surface area contributed by atoms with Crippen molar-refractivity contribution in [3.8, 4) is 0 Å². The van der Waals surface area contributed by atoms with Crippen molar-refractivity contribution in [3.63, 3.8) is 0 Å². The fourth-order valence-electron chi connectivity index (χ4n) is 0.975. The summed E-state index contributed by atoms with van der Waals surface area (Å²) >= 11 is 1.19. The Kier molecular flexibility index (Phi) is 5.07. The Morgan fingerprint density at radius 2 is 1.75 bits per heavy atom. The summed E-state index contributed by atoms with van der Waals surface area (Å²) in [7, 11) is 0. The molecule has 0 aliphatic carbocycles. The zero-order valence-corrected chi connectivity index (χ0v) is 11.1. The van der Waals surface area contributed by atoms with Crippen LogP contribution in [0.1, 0.15) is 9.75 Å². The van der Waals surface area contributed by atoms with Gasteiger partial charge >= 0.3 is 58.4 Å². The molecule has 1 aromatic rings. The molecule has 0 aliphatic rings. The summed E-state index contributed by atoms with van der Waals surface area (Å²) in [4.78, 5) is 1.09. The van der Waals surface area contributed by atoms with Crippen molar-refractivity contribution < 1.29 is 64.3 Å². The quantitative estimate of drug-likeness (QED) is 0.553. The average molecular weight is 218 g/mol. The summed E-state index contributed by atoms with van der Waals surface area (Å²) in [6.07, 6.45) is 0. The zero-order valence-electron chi connectivity index (χ0n) is 7.20. The van der Waals surface area contributed by atoms with Crippen molar-refractivity contribution in [2.45, 2.75) is 13.8 Å². The fraction of sp³-hybridized carbons (Fsp3) is 0.333. The molecule has 0 amide bonds. The van der Waals surface area contributed by atoms with Gasteiger partial charge in [0.15, 0.2) is 0 Å². The molecule has 1 heterocycles. The molecule has 6 heteroatoms. The predicted octanol–water partition coefficient (Wildman–Crippen LogP) is -0.577. The Balaban J connectivity index is 0.00000121. The van der Waals surface area contributed by atoms with Crippen LogP contribution in [0.25, 0.3) is 0 Å². The van der Waals surface area contributed by atoms with E-state index < -0.39 is 12.4 Å². The van der Waals surface area contributed by atoms with Crippen LogP contribution in [-0.4, -0.2) is 6.98 Å². The molecular formula is C6H7BF3KS. The van der Waals surface area contributed by atoms with Crippen LogP contribution in [0.4, 0.5) is 12.9 Å². The van der Waals surface area contributed by atoms with Gasteiger partial charge in [-0.1, -0.05) is 11.5 Å². The third-order valence-corrected chi connectivity index (χ3v) is 2.41. The summed E-state index contributed by atoms with van der Waals surface area (Å²) in [6, 6.07) is 1.21. The molecule has 0 nitrogen and oxygen atoms in total. The van der Waals surface area contributed by atoms with Gasteiger partial charge in [-0.05, 0) is 23.6 Å². The van der Waals surface area contributed by atoms with E-state index in [4.69, 9.17) is 0 Å². The molecule has 0 aliphatic heterocycles. The Bertz CT molecular complexity index is 268. The minimum absolute atomic E-state index is 0. The summed E-state index contributed by atoms with van der Waals surface area (Å²) in [6.45, 7) is -1.61. The first-order valence-corrected chi connectivity index (χ1v) is 4.00. The molecule has 0 saturated carbocycles. The van der Waals surface area contributed by atoms with Crippen LogP contribution in [-0.2, 0) is 0 Å². The van der Waals surface area contributed by atoms with Crippen molar-refractivity contribution in [1.82, 2.24) is 0 Å². The van der Waals surface area contributed by atoms with E-state index in [1.165, 1.54) is 24.3 Å². The van der Waals surface area contributed by atoms with Crippen LogP contribution in [0, 0.1) is 13.8 Å². The van der Waals surface area contributed by atoms with E-state index in [0.717, 1.165) is 4.88 Å². The van der Waals surface area contributed by atoms with Crippen LogP contribution in [0.15, 0.2) is 6.07 Å². The van der Waals surface area contributed by atoms with Crippen molar-refractivity contribution in [3.05, 3.63) is 15.8 Å². The van der Waals surface area contributed by atoms with E-state index in [1.54, 1.807) is 6.92 Å². The second-order valence-corrected chi connectivity index (χ2v) is 3.90. The molecule has 0 N–H and O–H groups in total. The maximum absolute atomic E-state index is 12.1. The Hall–Kier alpha value is 1.19. The van der Waals surface area contributed by atoms with Crippen molar-refractivity contribution >= 4 is 23.8 Å². The van der Waals surface area contributed by atoms with Crippen LogP contribution < -0.4 is 56.8 Å². The third kappa shape index (κ3) is 3.16. The van der Waals surface area contributed by atoms with Gasteiger partial charge in [0.2, 0.25) is 0 Å². The van der Waals surface area contributed by atoms with Crippen molar-refractivity contribution in [2.24, 2.45) is 0 Å². The van der Waals surface area contributed by atoms with E-state index >= 15 is 0 Å². The van der Waals surface area contributed by atoms with E-state index in [0.29, 0.717) is 4.88 Å². The third-order valence-electron chi connectivity index (χ3n) is 1.43. The fourth-order valence-corrected chi connectivity index (χ4v) is 1.95. The standard InChI is InChI=1S/C6H7BF3S.K/c1-4-3-6(5(2)11-4)7(8,9)10;/h3H,1-2H3;/q-1;+1. The SMILES string of the molecule is Cc1cc([B-](F)(F)F)c(C)s1.[K+]. The Labute approximate surface area is 116 Å². The molecule has 12 heavy (non-hydrogen) atoms. The molecule has 1 aromatic heterocycles. The number of thiophene rings is 1. The van der Waals surface area contributed by atoms with Gasteiger partial charge in [0.1, 0.15) is 0 Å². The van der Waals surface area contributed by atoms with Crippen LogP contribution in [0.5, 0.6) is 0 Å². The van der Waals surface area contributed by atoms with E-state index in [1.807, 2.05) is 0 Å². The van der Waals surface area contributed by atoms with Crippen LogP contribution in [0.3, 0.4) is 0 Å². The Morgan fingerprint density at radius 1 is 1.25 bits per heavy atom. The second kappa shape index (κ2) is 4.61. The monoisotopic (exact) mass is 218 g/mol. The average Bonchev–Trinajstić information content (AvgIpc) is 2.08. The van der Waals surface area contributed by atoms with Gasteiger partial charge in [0.05, 0.1) is 0 Å². The van der Waals surface area contributed by atoms with Gasteiger partial charge in [0.25, 0.3) is 0 Å². The number of hydrogen-bond donors (Lipinski definition) is 0. The summed E-state index contributed by atoms with van der Waals surface area (Å²) in [5.74, 6) is 0. The first kappa shape index (κ1) is 13.2. The van der Waals surface area contributed by atoms with Gasteiger partial charge in [-0.2, -0.15) is 0 Å². The Morgan fingerprint density at radius 3 is 1.92 bits per heavy atom. The number of rotatable bonds is 1. The minimum Gasteiger partial charge on any atom is -0.445 e. The summed E-state index contributed by atoms with van der Waals surface area (Å²) in [5, 5.41) is 0. The molecule has 0 unspecified atom stereocenters. The second-order valence-electron chi connectivity index (χ2n) is 2.44. The predicted molar refractivity (Wildman–Crippen MR) is 42.5 cm³/mol. The number of halogens is 3. The maximum atomic E-state index is 12.1. The topological polar surface area (TPSA) is 0 Å². The first-order valence-electron chi connectivity index (χ1n) is 3.18. The van der Waals surface area contributed by atoms with Crippen molar-refractivity contribution in [2.75, 3.05) is 0 Å². The van der Waals surface area contributed by atoms with Gasteiger partial charge in [-0.15, -0.1) is 11.3 Å². The molecule has 0 fully saturated rings. The first-order chi connectivity index (χ1) is 4.91. The molecule has 0 aromatic carbocycles. The molecule has 0 spiro atoms. The molecule has 0 atom stereocenters. The summed E-state index contributed by atoms with van der Waals surface area (Å²) in [5.41, 5.74) is -0.438. The molecule has 62 valence electrons. The maximum Gasteiger partial charge on any atom is 1.00 e. The molecule has 0 bridgehead atoms. The zero-order chi connectivity index (χ0) is 8.65. The summed E-state index contributed by atoms with van der Waals surface area (Å²) < 4.78 is 36.4. The normalized spacial score (nSPS) is 11.1. The van der Waals surface area contributed by atoms with Gasteiger partial charge in [0, 0.05) is 0 Å². The van der Waals surface area contributed by atoms with E-state index in [9.17, 15) is 12.9 Å². The molecule has 0 saturated heterocycles. The van der Waals surface area contributed by atoms with E-state index in [2.05, 4.69) is 0 Å². The molecule has 0 radical (unpaired) electrons.